The van der Waals surface area contributed by atoms with Gasteiger partial charge in [-0.3, -0.25) is 4.40 Å². The summed E-state index contributed by atoms with van der Waals surface area (Å²) in [5.74, 6) is 0.732. The summed E-state index contributed by atoms with van der Waals surface area (Å²) < 4.78 is 7.51. The maximum Gasteiger partial charge on any atom is 0.183 e. The summed E-state index contributed by atoms with van der Waals surface area (Å²) in [6, 6.07) is 14.6. The number of fused-ring (bicyclic) bond motifs is 3. The Morgan fingerprint density at radius 2 is 1.97 bits per heavy atom. The molecule has 0 bridgehead atoms. The molecule has 1 aliphatic heterocycles. The zero-order chi connectivity index (χ0) is 19.8. The van der Waals surface area contributed by atoms with Crippen LogP contribution in [0.4, 0.5) is 0 Å². The van der Waals surface area contributed by atoms with Crippen molar-refractivity contribution in [3.05, 3.63) is 58.7 Å². The zero-order valence-electron chi connectivity index (χ0n) is 16.2. The van der Waals surface area contributed by atoms with E-state index in [1.807, 2.05) is 31.2 Å². The largest absolute Gasteiger partial charge is 0.381 e. The van der Waals surface area contributed by atoms with E-state index in [1.165, 1.54) is 5.56 Å². The van der Waals surface area contributed by atoms with E-state index in [-0.39, 0.29) is 0 Å². The summed E-state index contributed by atoms with van der Waals surface area (Å²) in [6.45, 7) is 4.43. The molecule has 1 N–H and O–H groups in total. The number of benzene rings is 2. The third-order valence-electron chi connectivity index (χ3n) is 5.49. The average molecular weight is 408 g/mol. The fourth-order valence-electron chi connectivity index (χ4n) is 3.91. The number of halogens is 1. The standard InChI is InChI=1S/C22H22ClN5O/c1-14-21-26-27-22(17-4-2-3-5-18(17)23)28(21)20-12-15(6-7-19(20)25-14)13-24-16-8-10-29-11-9-16/h2-7,12,16,24H,8-11,13H2,1H3. The lowest BCUT2D eigenvalue weighted by Crippen LogP contribution is -2.34. The summed E-state index contributed by atoms with van der Waals surface area (Å²) >= 11 is 6.46. The molecular weight excluding hydrogens is 386 g/mol. The predicted molar refractivity (Wildman–Crippen MR) is 114 cm³/mol. The van der Waals surface area contributed by atoms with Crippen molar-refractivity contribution in [2.45, 2.75) is 32.4 Å². The van der Waals surface area contributed by atoms with Gasteiger partial charge in [0.15, 0.2) is 11.5 Å². The van der Waals surface area contributed by atoms with Gasteiger partial charge in [-0.1, -0.05) is 29.8 Å². The Balaban J connectivity index is 1.60. The van der Waals surface area contributed by atoms with Crippen molar-refractivity contribution < 1.29 is 4.74 Å². The van der Waals surface area contributed by atoms with Crippen LogP contribution in [0.5, 0.6) is 0 Å². The third-order valence-corrected chi connectivity index (χ3v) is 5.82. The Morgan fingerprint density at radius 3 is 2.79 bits per heavy atom. The third kappa shape index (κ3) is 3.48. The summed E-state index contributed by atoms with van der Waals surface area (Å²) in [4.78, 5) is 4.73. The first-order chi connectivity index (χ1) is 14.2. The number of aromatic nitrogens is 4. The molecule has 4 aromatic rings. The lowest BCUT2D eigenvalue weighted by molar-refractivity contribution is 0.0776. The molecule has 3 heterocycles. The van der Waals surface area contributed by atoms with Gasteiger partial charge in [-0.05, 0) is 49.6 Å². The quantitative estimate of drug-likeness (QED) is 0.550. The van der Waals surface area contributed by atoms with Crippen molar-refractivity contribution in [1.29, 1.82) is 0 Å². The van der Waals surface area contributed by atoms with E-state index in [9.17, 15) is 0 Å². The Bertz CT molecular complexity index is 1180. The zero-order valence-corrected chi connectivity index (χ0v) is 17.0. The maximum absolute atomic E-state index is 6.46. The van der Waals surface area contributed by atoms with Crippen LogP contribution in [0, 0.1) is 6.92 Å². The Labute approximate surface area is 173 Å². The number of hydrogen-bond acceptors (Lipinski definition) is 5. The van der Waals surface area contributed by atoms with Gasteiger partial charge in [-0.25, -0.2) is 4.98 Å². The highest BCUT2D eigenvalue weighted by molar-refractivity contribution is 6.33. The van der Waals surface area contributed by atoms with E-state index >= 15 is 0 Å². The fraction of sp³-hybridized carbons (Fsp3) is 0.318. The lowest BCUT2D eigenvalue weighted by atomic mass is 10.1. The normalized spacial score (nSPS) is 15.4. The molecule has 0 unspecified atom stereocenters. The fourth-order valence-corrected chi connectivity index (χ4v) is 4.13. The van der Waals surface area contributed by atoms with Gasteiger partial charge in [-0.2, -0.15) is 0 Å². The maximum atomic E-state index is 6.46. The molecule has 0 saturated carbocycles. The van der Waals surface area contributed by atoms with E-state index in [0.29, 0.717) is 11.1 Å². The van der Waals surface area contributed by atoms with Gasteiger partial charge in [0.1, 0.15) is 0 Å². The monoisotopic (exact) mass is 407 g/mol. The van der Waals surface area contributed by atoms with Crippen molar-refractivity contribution in [3.8, 4) is 11.4 Å². The molecule has 7 heteroatoms. The number of nitrogens with zero attached hydrogens (tertiary/aromatic N) is 4. The summed E-state index contributed by atoms with van der Waals surface area (Å²) in [5.41, 5.74) is 5.56. The van der Waals surface area contributed by atoms with Gasteiger partial charge in [0.05, 0.1) is 21.7 Å². The number of nitrogens with one attached hydrogen (secondary N) is 1. The molecule has 5 rings (SSSR count). The van der Waals surface area contributed by atoms with Crippen molar-refractivity contribution >= 4 is 28.3 Å². The Kier molecular flexibility index (Phi) is 4.91. The van der Waals surface area contributed by atoms with Crippen LogP contribution in [-0.4, -0.2) is 38.8 Å². The van der Waals surface area contributed by atoms with E-state index in [2.05, 4.69) is 38.1 Å². The minimum absolute atomic E-state index is 0.504. The van der Waals surface area contributed by atoms with Crippen LogP contribution in [0.15, 0.2) is 42.5 Å². The van der Waals surface area contributed by atoms with Crippen LogP contribution in [0.25, 0.3) is 28.1 Å². The van der Waals surface area contributed by atoms with Crippen molar-refractivity contribution in [2.75, 3.05) is 13.2 Å². The topological polar surface area (TPSA) is 64.3 Å². The molecule has 0 spiro atoms. The van der Waals surface area contributed by atoms with Gasteiger partial charge in [0, 0.05) is 31.4 Å². The van der Waals surface area contributed by atoms with Crippen LogP contribution in [0.3, 0.4) is 0 Å². The van der Waals surface area contributed by atoms with Gasteiger partial charge in [-0.15, -0.1) is 10.2 Å². The van der Waals surface area contributed by atoms with Crippen molar-refractivity contribution in [1.82, 2.24) is 24.9 Å². The minimum atomic E-state index is 0.504. The lowest BCUT2D eigenvalue weighted by Gasteiger charge is -2.23. The first kappa shape index (κ1) is 18.5. The molecule has 148 valence electrons. The molecule has 29 heavy (non-hydrogen) atoms. The molecule has 1 aliphatic rings. The summed E-state index contributed by atoms with van der Waals surface area (Å²) in [6.07, 6.45) is 2.11. The van der Waals surface area contributed by atoms with Gasteiger partial charge in [0.2, 0.25) is 0 Å². The highest BCUT2D eigenvalue weighted by Crippen LogP contribution is 2.29. The van der Waals surface area contributed by atoms with Crippen LogP contribution < -0.4 is 5.32 Å². The average Bonchev–Trinajstić information content (AvgIpc) is 3.19. The van der Waals surface area contributed by atoms with Crippen molar-refractivity contribution in [3.63, 3.8) is 0 Å². The highest BCUT2D eigenvalue weighted by Gasteiger charge is 2.17. The minimum Gasteiger partial charge on any atom is -0.381 e. The predicted octanol–water partition coefficient (Wildman–Crippen LogP) is 4.17. The first-order valence-corrected chi connectivity index (χ1v) is 10.3. The van der Waals surface area contributed by atoms with Gasteiger partial charge >= 0.3 is 0 Å². The van der Waals surface area contributed by atoms with E-state index < -0.39 is 0 Å². The molecule has 6 nitrogen and oxygen atoms in total. The van der Waals surface area contributed by atoms with Crippen molar-refractivity contribution in [2.24, 2.45) is 0 Å². The second-order valence-corrected chi connectivity index (χ2v) is 7.86. The second kappa shape index (κ2) is 7.71. The van der Waals surface area contributed by atoms with Crippen LogP contribution in [0.2, 0.25) is 5.02 Å². The Morgan fingerprint density at radius 1 is 1.14 bits per heavy atom. The van der Waals surface area contributed by atoms with Gasteiger partial charge in [0.25, 0.3) is 0 Å². The highest BCUT2D eigenvalue weighted by atomic mass is 35.5. The molecule has 1 saturated heterocycles. The Hall–Kier alpha value is -2.54. The number of rotatable bonds is 4. The molecule has 2 aromatic heterocycles. The van der Waals surface area contributed by atoms with Crippen LogP contribution in [0.1, 0.15) is 24.1 Å². The SMILES string of the molecule is Cc1nc2ccc(CNC3CCOCC3)cc2n2c(-c3ccccc3Cl)nnc12. The van der Waals surface area contributed by atoms with Gasteiger partial charge < -0.3 is 10.1 Å². The first-order valence-electron chi connectivity index (χ1n) is 9.91. The molecule has 1 fully saturated rings. The van der Waals surface area contributed by atoms with Crippen LogP contribution in [-0.2, 0) is 11.3 Å². The second-order valence-electron chi connectivity index (χ2n) is 7.45. The summed E-state index contributed by atoms with van der Waals surface area (Å²) in [5, 5.41) is 13.1. The van der Waals surface area contributed by atoms with Crippen LogP contribution >= 0.6 is 11.6 Å². The molecular formula is C22H22ClN5O. The van der Waals surface area contributed by atoms with E-state index in [4.69, 9.17) is 21.3 Å². The number of aryl methyl sites for hydroxylation is 1. The molecule has 0 radical (unpaired) electrons. The molecule has 2 aromatic carbocycles. The molecule has 0 aliphatic carbocycles. The smallest absolute Gasteiger partial charge is 0.183 e. The van der Waals surface area contributed by atoms with E-state index in [1.54, 1.807) is 0 Å². The van der Waals surface area contributed by atoms with E-state index in [0.717, 1.165) is 66.4 Å². The summed E-state index contributed by atoms with van der Waals surface area (Å²) in [7, 11) is 0. The molecule has 0 atom stereocenters. The number of ether oxygens (including phenoxy) is 1. The molecule has 0 amide bonds. The number of hydrogen-bond donors (Lipinski definition) is 1.